The summed E-state index contributed by atoms with van der Waals surface area (Å²) in [6.45, 7) is 3.42. The first kappa shape index (κ1) is 14.6. The van der Waals surface area contributed by atoms with Crippen molar-refractivity contribution in [1.29, 1.82) is 0 Å². The smallest absolute Gasteiger partial charge is 0.322 e. The molecule has 3 heteroatoms. The summed E-state index contributed by atoms with van der Waals surface area (Å²) in [4.78, 5) is 14.5. The lowest BCUT2D eigenvalue weighted by Gasteiger charge is -2.23. The van der Waals surface area contributed by atoms with E-state index in [-0.39, 0.29) is 6.03 Å². The lowest BCUT2D eigenvalue weighted by molar-refractivity contribution is 0.246. The van der Waals surface area contributed by atoms with Gasteiger partial charge in [-0.3, -0.25) is 4.90 Å². The zero-order valence-electron chi connectivity index (χ0n) is 13.0. The molecule has 0 aliphatic carbocycles. The van der Waals surface area contributed by atoms with Gasteiger partial charge in [-0.25, -0.2) is 4.79 Å². The minimum Gasteiger partial charge on any atom is -0.334 e. The summed E-state index contributed by atoms with van der Waals surface area (Å²) in [5, 5.41) is 3.04. The molecule has 0 aromatic heterocycles. The van der Waals surface area contributed by atoms with Crippen LogP contribution in [0, 0.1) is 6.92 Å². The molecule has 22 heavy (non-hydrogen) atoms. The van der Waals surface area contributed by atoms with E-state index in [9.17, 15) is 4.79 Å². The van der Waals surface area contributed by atoms with Gasteiger partial charge in [0.2, 0.25) is 0 Å². The number of para-hydroxylation sites is 1. The predicted octanol–water partition coefficient (Wildman–Crippen LogP) is 4.05. The molecular formula is C19H22N2O. The highest BCUT2D eigenvalue weighted by Gasteiger charge is 2.20. The molecule has 3 nitrogen and oxygen atoms in total. The van der Waals surface area contributed by atoms with E-state index in [0.717, 1.165) is 37.1 Å². The van der Waals surface area contributed by atoms with Crippen molar-refractivity contribution >= 4 is 11.7 Å². The highest BCUT2D eigenvalue weighted by atomic mass is 16.2. The van der Waals surface area contributed by atoms with Crippen molar-refractivity contribution in [3.8, 4) is 0 Å². The van der Waals surface area contributed by atoms with Crippen LogP contribution >= 0.6 is 0 Å². The maximum atomic E-state index is 12.6. The summed E-state index contributed by atoms with van der Waals surface area (Å²) in [7, 11) is 0. The Morgan fingerprint density at radius 3 is 2.68 bits per heavy atom. The highest BCUT2D eigenvalue weighted by Crippen LogP contribution is 2.26. The van der Waals surface area contributed by atoms with Gasteiger partial charge in [0.25, 0.3) is 0 Å². The van der Waals surface area contributed by atoms with Gasteiger partial charge in [0.15, 0.2) is 0 Å². The van der Waals surface area contributed by atoms with Crippen molar-refractivity contribution in [1.82, 2.24) is 5.32 Å². The third-order valence-corrected chi connectivity index (χ3v) is 4.17. The number of fused-ring (bicyclic) bond motifs is 1. The minimum atomic E-state index is -0.00470. The Labute approximate surface area is 132 Å². The first-order valence-corrected chi connectivity index (χ1v) is 7.93. The molecule has 0 unspecified atom stereocenters. The molecule has 2 aromatic rings. The first-order valence-electron chi connectivity index (χ1n) is 7.93. The van der Waals surface area contributed by atoms with E-state index >= 15 is 0 Å². The lowest BCUT2D eigenvalue weighted by atomic mass is 10.1. The van der Waals surface area contributed by atoms with E-state index in [1.807, 2.05) is 23.1 Å². The standard InChI is InChI=1S/C19H22N2O/c1-15-9-11-16(12-10-15)14-20-19(22)21-13-5-4-7-17-6-2-3-8-18(17)21/h2-3,6,8-12H,4-5,7,13-14H2,1H3,(H,20,22). The number of benzene rings is 2. The molecule has 1 heterocycles. The molecule has 0 spiro atoms. The second-order valence-electron chi connectivity index (χ2n) is 5.88. The average molecular weight is 294 g/mol. The zero-order valence-corrected chi connectivity index (χ0v) is 13.0. The van der Waals surface area contributed by atoms with Crippen LogP contribution in [0.1, 0.15) is 29.5 Å². The quantitative estimate of drug-likeness (QED) is 0.890. The van der Waals surface area contributed by atoms with Crippen LogP contribution in [-0.4, -0.2) is 12.6 Å². The number of carbonyl (C=O) groups is 1. The Morgan fingerprint density at radius 2 is 1.86 bits per heavy atom. The topological polar surface area (TPSA) is 32.3 Å². The summed E-state index contributed by atoms with van der Waals surface area (Å²) in [6, 6.07) is 16.5. The van der Waals surface area contributed by atoms with Crippen LogP contribution in [0.4, 0.5) is 10.5 Å². The summed E-state index contributed by atoms with van der Waals surface area (Å²) in [5.74, 6) is 0. The van der Waals surface area contributed by atoms with Gasteiger partial charge in [-0.1, -0.05) is 48.0 Å². The number of hydrogen-bond acceptors (Lipinski definition) is 1. The van der Waals surface area contributed by atoms with Crippen molar-refractivity contribution in [3.05, 3.63) is 65.2 Å². The Hall–Kier alpha value is -2.29. The third kappa shape index (κ3) is 3.30. The third-order valence-electron chi connectivity index (χ3n) is 4.17. The molecule has 0 bridgehead atoms. The molecule has 1 aliphatic heterocycles. The number of urea groups is 1. The molecule has 114 valence electrons. The van der Waals surface area contributed by atoms with Gasteiger partial charge in [0.05, 0.1) is 0 Å². The maximum absolute atomic E-state index is 12.6. The summed E-state index contributed by atoms with van der Waals surface area (Å²) >= 11 is 0. The van der Waals surface area contributed by atoms with Crippen LogP contribution < -0.4 is 10.2 Å². The van der Waals surface area contributed by atoms with Crippen LogP contribution in [-0.2, 0) is 13.0 Å². The van der Waals surface area contributed by atoms with Gasteiger partial charge in [0, 0.05) is 18.8 Å². The van der Waals surface area contributed by atoms with Crippen LogP contribution in [0.5, 0.6) is 0 Å². The molecule has 1 N–H and O–H groups in total. The minimum absolute atomic E-state index is 0.00470. The van der Waals surface area contributed by atoms with E-state index in [2.05, 4.69) is 42.6 Å². The van der Waals surface area contributed by atoms with E-state index in [1.165, 1.54) is 11.1 Å². The lowest BCUT2D eigenvalue weighted by Crippen LogP contribution is -2.40. The summed E-state index contributed by atoms with van der Waals surface area (Å²) in [6.07, 6.45) is 3.24. The second-order valence-corrected chi connectivity index (χ2v) is 5.88. The van der Waals surface area contributed by atoms with Gasteiger partial charge in [-0.2, -0.15) is 0 Å². The fourth-order valence-corrected chi connectivity index (χ4v) is 2.88. The predicted molar refractivity (Wildman–Crippen MR) is 90.1 cm³/mol. The summed E-state index contributed by atoms with van der Waals surface area (Å²) < 4.78 is 0. The number of anilines is 1. The van der Waals surface area contributed by atoms with Crippen molar-refractivity contribution in [2.45, 2.75) is 32.7 Å². The number of amides is 2. The van der Waals surface area contributed by atoms with Crippen LogP contribution in [0.25, 0.3) is 0 Å². The van der Waals surface area contributed by atoms with Crippen LogP contribution in [0.2, 0.25) is 0 Å². The van der Waals surface area contributed by atoms with Crippen LogP contribution in [0.15, 0.2) is 48.5 Å². The number of nitrogens with one attached hydrogen (secondary N) is 1. The normalized spacial score (nSPS) is 14.1. The number of nitrogens with zero attached hydrogens (tertiary/aromatic N) is 1. The fraction of sp³-hybridized carbons (Fsp3) is 0.316. The number of carbonyl (C=O) groups excluding carboxylic acids is 1. The Bertz CT molecular complexity index is 649. The maximum Gasteiger partial charge on any atom is 0.322 e. The van der Waals surface area contributed by atoms with E-state index < -0.39 is 0 Å². The second kappa shape index (κ2) is 6.65. The van der Waals surface area contributed by atoms with Gasteiger partial charge in [-0.15, -0.1) is 0 Å². The van der Waals surface area contributed by atoms with E-state index in [0.29, 0.717) is 6.54 Å². The largest absolute Gasteiger partial charge is 0.334 e. The van der Waals surface area contributed by atoms with E-state index in [4.69, 9.17) is 0 Å². The first-order chi connectivity index (χ1) is 10.7. The Kier molecular flexibility index (Phi) is 4.42. The Morgan fingerprint density at radius 1 is 1.09 bits per heavy atom. The van der Waals surface area contributed by atoms with E-state index in [1.54, 1.807) is 0 Å². The molecule has 1 aliphatic rings. The number of rotatable bonds is 2. The van der Waals surface area contributed by atoms with Gasteiger partial charge in [0.1, 0.15) is 0 Å². The van der Waals surface area contributed by atoms with Crippen molar-refractivity contribution < 1.29 is 4.79 Å². The molecule has 0 saturated carbocycles. The molecule has 2 aromatic carbocycles. The molecule has 2 amide bonds. The van der Waals surface area contributed by atoms with Crippen LogP contribution in [0.3, 0.4) is 0 Å². The fourth-order valence-electron chi connectivity index (χ4n) is 2.88. The van der Waals surface area contributed by atoms with Gasteiger partial charge >= 0.3 is 6.03 Å². The van der Waals surface area contributed by atoms with Gasteiger partial charge in [-0.05, 0) is 43.4 Å². The number of hydrogen-bond donors (Lipinski definition) is 1. The molecular weight excluding hydrogens is 272 g/mol. The molecule has 0 saturated heterocycles. The zero-order chi connectivity index (χ0) is 15.4. The number of aryl methyl sites for hydroxylation is 2. The SMILES string of the molecule is Cc1ccc(CNC(=O)N2CCCCc3ccccc32)cc1. The average Bonchev–Trinajstić information content (AvgIpc) is 2.76. The Balaban J connectivity index is 1.70. The van der Waals surface area contributed by atoms with Crippen molar-refractivity contribution in [3.63, 3.8) is 0 Å². The highest BCUT2D eigenvalue weighted by molar-refractivity contribution is 5.92. The molecule has 0 radical (unpaired) electrons. The van der Waals surface area contributed by atoms with Crippen molar-refractivity contribution in [2.24, 2.45) is 0 Å². The molecule has 3 rings (SSSR count). The van der Waals surface area contributed by atoms with Crippen molar-refractivity contribution in [2.75, 3.05) is 11.4 Å². The molecule has 0 atom stereocenters. The van der Waals surface area contributed by atoms with Gasteiger partial charge < -0.3 is 5.32 Å². The molecule has 0 fully saturated rings. The monoisotopic (exact) mass is 294 g/mol. The summed E-state index contributed by atoms with van der Waals surface area (Å²) in [5.41, 5.74) is 4.69.